The van der Waals surface area contributed by atoms with E-state index >= 15 is 0 Å². The molecule has 0 radical (unpaired) electrons. The van der Waals surface area contributed by atoms with Crippen LogP contribution in [0.3, 0.4) is 0 Å². The van der Waals surface area contributed by atoms with Crippen LogP contribution < -0.4 is 10.5 Å². The molecule has 0 saturated carbocycles. The van der Waals surface area contributed by atoms with Gasteiger partial charge in [-0.15, -0.1) is 0 Å². The molecule has 0 amide bonds. The van der Waals surface area contributed by atoms with Crippen molar-refractivity contribution in [2.45, 2.75) is 6.61 Å². The number of oxime groups is 1. The second kappa shape index (κ2) is 9.01. The molecule has 144 valence electrons. The normalized spacial score (nSPS) is 11.3. The van der Waals surface area contributed by atoms with Crippen molar-refractivity contribution in [3.8, 4) is 5.75 Å². The van der Waals surface area contributed by atoms with E-state index in [-0.39, 0.29) is 34.0 Å². The van der Waals surface area contributed by atoms with E-state index in [0.717, 1.165) is 0 Å². The van der Waals surface area contributed by atoms with E-state index in [2.05, 4.69) is 5.16 Å². The smallest absolute Gasteiger partial charge is 0.400 e. The van der Waals surface area contributed by atoms with Crippen LogP contribution >= 0.6 is 34.8 Å². The van der Waals surface area contributed by atoms with Crippen LogP contribution in [0.1, 0.15) is 21.9 Å². The van der Waals surface area contributed by atoms with Gasteiger partial charge in [-0.1, -0.05) is 70.3 Å². The largest absolute Gasteiger partial charge is 0.483 e. The van der Waals surface area contributed by atoms with Crippen molar-refractivity contribution >= 4 is 46.6 Å². The molecule has 0 fully saturated rings. The van der Waals surface area contributed by atoms with Crippen LogP contribution in [0.5, 0.6) is 5.75 Å². The average Bonchev–Trinajstić information content (AvgIpc) is 3.15. The van der Waals surface area contributed by atoms with E-state index in [1.54, 1.807) is 30.3 Å². The first-order valence-electron chi connectivity index (χ1n) is 7.90. The predicted molar refractivity (Wildman–Crippen MR) is 107 cm³/mol. The zero-order valence-electron chi connectivity index (χ0n) is 14.2. The number of ether oxygens (including phenoxy) is 1. The van der Waals surface area contributed by atoms with Crippen molar-refractivity contribution < 1.29 is 18.8 Å². The Kier molecular flexibility index (Phi) is 6.46. The Balaban J connectivity index is 1.62. The summed E-state index contributed by atoms with van der Waals surface area (Å²) in [6.45, 7) is -0.0101. The molecule has 2 N–H and O–H groups in total. The van der Waals surface area contributed by atoms with Crippen LogP contribution in [0.25, 0.3) is 0 Å². The maximum absolute atomic E-state index is 12.0. The first kappa shape index (κ1) is 20.1. The van der Waals surface area contributed by atoms with Crippen molar-refractivity contribution in [2.75, 3.05) is 0 Å². The second-order valence-electron chi connectivity index (χ2n) is 5.47. The molecular formula is C19H13Cl3N2O4. The topological polar surface area (TPSA) is 87.1 Å². The molecule has 0 spiro atoms. The third-order valence-corrected chi connectivity index (χ3v) is 4.26. The molecule has 0 aliphatic carbocycles. The van der Waals surface area contributed by atoms with Gasteiger partial charge in [0.05, 0.1) is 10.0 Å². The van der Waals surface area contributed by atoms with Crippen LogP contribution in [-0.4, -0.2) is 11.8 Å². The Labute approximate surface area is 175 Å². The molecule has 1 heterocycles. The number of rotatable bonds is 6. The maximum Gasteiger partial charge on any atom is 0.400 e. The molecule has 3 rings (SSSR count). The molecule has 9 heteroatoms. The second-order valence-corrected chi connectivity index (χ2v) is 6.73. The zero-order valence-corrected chi connectivity index (χ0v) is 16.5. The van der Waals surface area contributed by atoms with Gasteiger partial charge in [0.25, 0.3) is 0 Å². The quantitative estimate of drug-likeness (QED) is 0.244. The first-order valence-corrected chi connectivity index (χ1v) is 9.03. The minimum Gasteiger partial charge on any atom is -0.483 e. The fourth-order valence-corrected chi connectivity index (χ4v) is 3.10. The molecule has 0 atom stereocenters. The molecule has 2 aromatic carbocycles. The zero-order chi connectivity index (χ0) is 20.1. The van der Waals surface area contributed by atoms with Crippen LogP contribution in [0.4, 0.5) is 0 Å². The number of carbonyl (C=O) groups is 1. The van der Waals surface area contributed by atoms with Crippen molar-refractivity contribution in [1.82, 2.24) is 0 Å². The molecule has 0 bridgehead atoms. The Morgan fingerprint density at radius 2 is 1.71 bits per heavy atom. The monoisotopic (exact) mass is 438 g/mol. The van der Waals surface area contributed by atoms with Crippen LogP contribution in [-0.2, 0) is 11.4 Å². The number of hydrogen-bond donors (Lipinski definition) is 1. The number of halogens is 3. The van der Waals surface area contributed by atoms with Crippen LogP contribution in [0.15, 0.2) is 64.2 Å². The molecule has 0 aliphatic rings. The third kappa shape index (κ3) is 4.98. The van der Waals surface area contributed by atoms with Gasteiger partial charge < -0.3 is 19.7 Å². The summed E-state index contributed by atoms with van der Waals surface area (Å²) in [5.74, 6) is -0.178. The Morgan fingerprint density at radius 1 is 1.04 bits per heavy atom. The summed E-state index contributed by atoms with van der Waals surface area (Å²) < 4.78 is 10.9. The van der Waals surface area contributed by atoms with Crippen LogP contribution in [0, 0.1) is 0 Å². The third-order valence-electron chi connectivity index (χ3n) is 3.48. The number of hydrogen-bond acceptors (Lipinski definition) is 5. The molecular weight excluding hydrogens is 427 g/mol. The molecule has 0 aliphatic heterocycles. The van der Waals surface area contributed by atoms with Gasteiger partial charge in [0, 0.05) is 10.6 Å². The highest BCUT2D eigenvalue weighted by Crippen LogP contribution is 2.36. The SMILES string of the molecule is N/C(=N\OC(=O)c1ccc(COc2c(Cl)cc(Cl)cc2Cl)o1)c1ccccc1. The van der Waals surface area contributed by atoms with E-state index in [4.69, 9.17) is 54.5 Å². The number of furan rings is 1. The molecule has 0 saturated heterocycles. The molecule has 6 nitrogen and oxygen atoms in total. The van der Waals surface area contributed by atoms with E-state index < -0.39 is 5.97 Å². The summed E-state index contributed by atoms with van der Waals surface area (Å²) in [4.78, 5) is 16.8. The lowest BCUT2D eigenvalue weighted by Gasteiger charge is -2.08. The summed E-state index contributed by atoms with van der Waals surface area (Å²) in [5, 5.41) is 4.52. The number of nitrogens with zero attached hydrogens (tertiary/aromatic N) is 1. The maximum atomic E-state index is 12.0. The predicted octanol–water partition coefficient (Wildman–Crippen LogP) is 5.30. The van der Waals surface area contributed by atoms with E-state index in [0.29, 0.717) is 16.3 Å². The van der Waals surface area contributed by atoms with Gasteiger partial charge >= 0.3 is 5.97 Å². The fraction of sp³-hybridized carbons (Fsp3) is 0.0526. The number of carbonyl (C=O) groups excluding carboxylic acids is 1. The lowest BCUT2D eigenvalue weighted by atomic mass is 10.2. The average molecular weight is 440 g/mol. The minimum absolute atomic E-state index is 0.0101. The number of benzene rings is 2. The Hall–Kier alpha value is -2.67. The summed E-state index contributed by atoms with van der Waals surface area (Å²) in [6, 6.07) is 14.9. The van der Waals surface area contributed by atoms with E-state index in [9.17, 15) is 4.79 Å². The lowest BCUT2D eigenvalue weighted by Crippen LogP contribution is -2.15. The number of amidine groups is 1. The van der Waals surface area contributed by atoms with Crippen LogP contribution in [0.2, 0.25) is 15.1 Å². The van der Waals surface area contributed by atoms with E-state index in [1.165, 1.54) is 18.2 Å². The van der Waals surface area contributed by atoms with Crippen molar-refractivity contribution in [3.05, 3.63) is 86.7 Å². The summed E-state index contributed by atoms with van der Waals surface area (Å²) in [7, 11) is 0. The molecule has 28 heavy (non-hydrogen) atoms. The highest BCUT2D eigenvalue weighted by atomic mass is 35.5. The minimum atomic E-state index is -0.798. The summed E-state index contributed by atoms with van der Waals surface area (Å²) in [6.07, 6.45) is 0. The number of nitrogens with two attached hydrogens (primary N) is 1. The fourth-order valence-electron chi connectivity index (χ4n) is 2.17. The van der Waals surface area contributed by atoms with Crippen molar-refractivity contribution in [1.29, 1.82) is 0 Å². The molecule has 0 unspecified atom stereocenters. The van der Waals surface area contributed by atoms with E-state index in [1.807, 2.05) is 6.07 Å². The van der Waals surface area contributed by atoms with Gasteiger partial charge in [0.2, 0.25) is 5.76 Å². The lowest BCUT2D eigenvalue weighted by molar-refractivity contribution is 0.0475. The first-order chi connectivity index (χ1) is 13.4. The van der Waals surface area contributed by atoms with Gasteiger partial charge in [-0.25, -0.2) is 4.79 Å². The highest BCUT2D eigenvalue weighted by molar-refractivity contribution is 6.40. The van der Waals surface area contributed by atoms with Gasteiger partial charge in [0.15, 0.2) is 11.6 Å². The molecule has 1 aromatic heterocycles. The van der Waals surface area contributed by atoms with Gasteiger partial charge in [-0.05, 0) is 24.3 Å². The van der Waals surface area contributed by atoms with Gasteiger partial charge in [-0.2, -0.15) is 0 Å². The van der Waals surface area contributed by atoms with Gasteiger partial charge in [0.1, 0.15) is 12.4 Å². The highest BCUT2D eigenvalue weighted by Gasteiger charge is 2.15. The Bertz CT molecular complexity index is 996. The van der Waals surface area contributed by atoms with Crippen molar-refractivity contribution in [2.24, 2.45) is 10.9 Å². The standard InChI is InChI=1S/C19H13Cl3N2O4/c20-12-8-14(21)17(15(22)9-12)26-10-13-6-7-16(27-13)19(25)28-24-18(23)11-4-2-1-3-5-11/h1-9H,10H2,(H2,23,24). The van der Waals surface area contributed by atoms with Crippen molar-refractivity contribution in [3.63, 3.8) is 0 Å². The summed E-state index contributed by atoms with van der Waals surface area (Å²) in [5.41, 5.74) is 6.39. The Morgan fingerprint density at radius 3 is 2.39 bits per heavy atom. The van der Waals surface area contributed by atoms with Gasteiger partial charge in [-0.3, -0.25) is 0 Å². The molecule has 3 aromatic rings. The summed E-state index contributed by atoms with van der Waals surface area (Å²) >= 11 is 18.0.